The van der Waals surface area contributed by atoms with Crippen LogP contribution in [-0.4, -0.2) is 7.05 Å². The van der Waals surface area contributed by atoms with Crippen molar-refractivity contribution in [3.63, 3.8) is 0 Å². The number of hydrogen-bond acceptors (Lipinski definition) is 3. The number of rotatable bonds is 4. The van der Waals surface area contributed by atoms with Gasteiger partial charge in [0, 0.05) is 11.3 Å². The first-order chi connectivity index (χ1) is 8.15. The maximum atomic E-state index is 5.82. The molecule has 0 bridgehead atoms. The van der Waals surface area contributed by atoms with E-state index in [1.807, 2.05) is 7.05 Å². The van der Waals surface area contributed by atoms with Gasteiger partial charge >= 0.3 is 0 Å². The molecule has 0 fully saturated rings. The quantitative estimate of drug-likeness (QED) is 0.911. The molecule has 2 rings (SSSR count). The average molecular weight is 314 g/mol. The van der Waals surface area contributed by atoms with E-state index in [9.17, 15) is 0 Å². The van der Waals surface area contributed by atoms with Gasteiger partial charge in [-0.15, -0.1) is 11.3 Å². The molecule has 0 saturated heterocycles. The lowest BCUT2D eigenvalue weighted by molar-refractivity contribution is 0.436. The molecular formula is C13H16BrNOS. The van der Waals surface area contributed by atoms with Crippen LogP contribution in [0.3, 0.4) is 0 Å². The Labute approximate surface area is 114 Å². The van der Waals surface area contributed by atoms with Gasteiger partial charge in [0.1, 0.15) is 17.6 Å². The van der Waals surface area contributed by atoms with Gasteiger partial charge in [0.15, 0.2) is 0 Å². The Hall–Kier alpha value is -0.580. The van der Waals surface area contributed by atoms with Gasteiger partial charge in [-0.3, -0.25) is 0 Å². The first kappa shape index (κ1) is 12.9. The third-order valence-electron chi connectivity index (χ3n) is 2.76. The van der Waals surface area contributed by atoms with Crippen LogP contribution in [-0.2, 0) is 6.42 Å². The molecule has 4 heteroatoms. The van der Waals surface area contributed by atoms with E-state index in [4.69, 9.17) is 4.42 Å². The minimum absolute atomic E-state index is 0.144. The third-order valence-corrected chi connectivity index (χ3v) is 4.97. The Morgan fingerprint density at radius 3 is 2.71 bits per heavy atom. The molecular weight excluding hydrogens is 298 g/mol. The molecule has 17 heavy (non-hydrogen) atoms. The van der Waals surface area contributed by atoms with Crippen molar-refractivity contribution in [2.24, 2.45) is 0 Å². The number of hydrogen-bond donors (Lipinski definition) is 1. The van der Waals surface area contributed by atoms with Gasteiger partial charge in [-0.2, -0.15) is 0 Å². The molecule has 0 aromatic carbocycles. The lowest BCUT2D eigenvalue weighted by Gasteiger charge is -2.11. The van der Waals surface area contributed by atoms with Gasteiger partial charge in [0.25, 0.3) is 0 Å². The molecule has 0 aliphatic rings. The van der Waals surface area contributed by atoms with Crippen molar-refractivity contribution in [3.05, 3.63) is 43.9 Å². The SMILES string of the molecule is CCc1ccc(C(NC)c2cc(C)c(Br)s2)o1. The third kappa shape index (κ3) is 2.64. The molecule has 1 N–H and O–H groups in total. The monoisotopic (exact) mass is 313 g/mol. The van der Waals surface area contributed by atoms with Crippen LogP contribution in [0.15, 0.2) is 26.4 Å². The second kappa shape index (κ2) is 5.38. The van der Waals surface area contributed by atoms with Crippen molar-refractivity contribution < 1.29 is 4.42 Å². The van der Waals surface area contributed by atoms with Gasteiger partial charge < -0.3 is 9.73 Å². The highest BCUT2D eigenvalue weighted by Crippen LogP contribution is 2.34. The summed E-state index contributed by atoms with van der Waals surface area (Å²) in [6.07, 6.45) is 0.934. The summed E-state index contributed by atoms with van der Waals surface area (Å²) in [6.45, 7) is 4.21. The maximum Gasteiger partial charge on any atom is 0.126 e. The molecule has 1 unspecified atom stereocenters. The van der Waals surface area contributed by atoms with E-state index in [1.165, 1.54) is 14.2 Å². The second-order valence-corrected chi connectivity index (χ2v) is 6.39. The number of furan rings is 1. The molecule has 0 saturated carbocycles. The number of aryl methyl sites for hydroxylation is 2. The molecule has 1 atom stereocenters. The van der Waals surface area contributed by atoms with E-state index in [0.29, 0.717) is 0 Å². The van der Waals surface area contributed by atoms with E-state index < -0.39 is 0 Å². The normalized spacial score (nSPS) is 12.9. The summed E-state index contributed by atoms with van der Waals surface area (Å²) in [4.78, 5) is 1.27. The Balaban J connectivity index is 2.32. The van der Waals surface area contributed by atoms with Gasteiger partial charge in [-0.25, -0.2) is 0 Å². The Morgan fingerprint density at radius 2 is 2.24 bits per heavy atom. The highest BCUT2D eigenvalue weighted by atomic mass is 79.9. The number of nitrogens with one attached hydrogen (secondary N) is 1. The lowest BCUT2D eigenvalue weighted by atomic mass is 10.2. The zero-order valence-electron chi connectivity index (χ0n) is 10.2. The van der Waals surface area contributed by atoms with Gasteiger partial charge in [-0.1, -0.05) is 6.92 Å². The minimum Gasteiger partial charge on any atom is -0.464 e. The Morgan fingerprint density at radius 1 is 1.47 bits per heavy atom. The largest absolute Gasteiger partial charge is 0.464 e. The molecule has 2 nitrogen and oxygen atoms in total. The molecule has 2 aromatic rings. The maximum absolute atomic E-state index is 5.82. The zero-order valence-corrected chi connectivity index (χ0v) is 12.6. The molecule has 0 spiro atoms. The fourth-order valence-corrected chi connectivity index (χ4v) is 3.48. The summed E-state index contributed by atoms with van der Waals surface area (Å²) >= 11 is 5.32. The van der Waals surface area contributed by atoms with Crippen LogP contribution in [0.5, 0.6) is 0 Å². The van der Waals surface area contributed by atoms with Crippen LogP contribution >= 0.6 is 27.3 Å². The minimum atomic E-state index is 0.144. The molecule has 92 valence electrons. The summed E-state index contributed by atoms with van der Waals surface area (Å²) in [5, 5.41) is 3.31. The molecule has 0 aliphatic heterocycles. The van der Waals surface area contributed by atoms with Crippen LogP contribution in [0.2, 0.25) is 0 Å². The predicted molar refractivity (Wildman–Crippen MR) is 75.7 cm³/mol. The second-order valence-electron chi connectivity index (χ2n) is 3.98. The van der Waals surface area contributed by atoms with Crippen LogP contribution in [0.1, 0.15) is 34.9 Å². The van der Waals surface area contributed by atoms with Crippen LogP contribution in [0.4, 0.5) is 0 Å². The highest BCUT2D eigenvalue weighted by Gasteiger charge is 2.18. The zero-order chi connectivity index (χ0) is 12.4. The standard InChI is InChI=1S/C13H16BrNOS/c1-4-9-5-6-10(16-9)12(15-3)11-7-8(2)13(14)17-11/h5-7,12,15H,4H2,1-3H3. The van der Waals surface area contributed by atoms with E-state index in [2.05, 4.69) is 53.3 Å². The van der Waals surface area contributed by atoms with Gasteiger partial charge in [0.2, 0.25) is 0 Å². The van der Waals surface area contributed by atoms with Crippen molar-refractivity contribution in [3.8, 4) is 0 Å². The van der Waals surface area contributed by atoms with Crippen molar-refractivity contribution in [2.75, 3.05) is 7.05 Å². The molecule has 0 amide bonds. The van der Waals surface area contributed by atoms with Crippen molar-refractivity contribution in [1.82, 2.24) is 5.32 Å². The number of thiophene rings is 1. The van der Waals surface area contributed by atoms with Crippen molar-refractivity contribution in [2.45, 2.75) is 26.3 Å². The molecule has 0 radical (unpaired) electrons. The molecule has 2 heterocycles. The first-order valence-electron chi connectivity index (χ1n) is 5.67. The van der Waals surface area contributed by atoms with Crippen LogP contribution in [0.25, 0.3) is 0 Å². The summed E-state index contributed by atoms with van der Waals surface area (Å²) < 4.78 is 7.01. The summed E-state index contributed by atoms with van der Waals surface area (Å²) in [6, 6.07) is 6.45. The average Bonchev–Trinajstić information content (AvgIpc) is 2.89. The lowest BCUT2D eigenvalue weighted by Crippen LogP contribution is -2.15. The first-order valence-corrected chi connectivity index (χ1v) is 7.28. The predicted octanol–water partition coefficient (Wildman–Crippen LogP) is 4.28. The van der Waals surface area contributed by atoms with E-state index >= 15 is 0 Å². The Bertz CT molecular complexity index is 484. The number of halogens is 1. The fraction of sp³-hybridized carbons (Fsp3) is 0.385. The van der Waals surface area contributed by atoms with E-state index in [-0.39, 0.29) is 6.04 Å². The summed E-state index contributed by atoms with van der Waals surface area (Å²) in [5.41, 5.74) is 1.27. The van der Waals surface area contributed by atoms with Crippen molar-refractivity contribution >= 4 is 27.3 Å². The highest BCUT2D eigenvalue weighted by molar-refractivity contribution is 9.11. The molecule has 0 aliphatic carbocycles. The fourth-order valence-electron chi connectivity index (χ4n) is 1.79. The smallest absolute Gasteiger partial charge is 0.126 e. The van der Waals surface area contributed by atoms with E-state index in [1.54, 1.807) is 11.3 Å². The van der Waals surface area contributed by atoms with Gasteiger partial charge in [0.05, 0.1) is 3.79 Å². The van der Waals surface area contributed by atoms with Gasteiger partial charge in [-0.05, 0) is 53.7 Å². The van der Waals surface area contributed by atoms with Crippen LogP contribution < -0.4 is 5.32 Å². The molecule has 2 aromatic heterocycles. The topological polar surface area (TPSA) is 25.2 Å². The Kier molecular flexibility index (Phi) is 4.07. The summed E-state index contributed by atoms with van der Waals surface area (Å²) in [7, 11) is 1.96. The summed E-state index contributed by atoms with van der Waals surface area (Å²) in [5.74, 6) is 2.02. The van der Waals surface area contributed by atoms with E-state index in [0.717, 1.165) is 17.9 Å². The van der Waals surface area contributed by atoms with Crippen LogP contribution in [0, 0.1) is 6.92 Å². The van der Waals surface area contributed by atoms with Crippen molar-refractivity contribution in [1.29, 1.82) is 0 Å².